The Bertz CT molecular complexity index is 1100. The summed E-state index contributed by atoms with van der Waals surface area (Å²) in [5.74, 6) is 0. The van der Waals surface area contributed by atoms with Crippen molar-refractivity contribution < 1.29 is 18.3 Å². The topological polar surface area (TPSA) is 36.4 Å². The second-order valence-corrected chi connectivity index (χ2v) is 9.32. The quantitative estimate of drug-likeness (QED) is 0.297. The predicted octanol–water partition coefficient (Wildman–Crippen LogP) is 8.16. The number of halogens is 5. The van der Waals surface area contributed by atoms with Crippen LogP contribution in [0.3, 0.4) is 0 Å². The number of unbranched alkanes of at least 4 members (excludes halogenated alkanes) is 2. The van der Waals surface area contributed by atoms with Crippen molar-refractivity contribution >= 4 is 34.1 Å². The fourth-order valence-corrected chi connectivity index (χ4v) is 4.47. The van der Waals surface area contributed by atoms with Gasteiger partial charge in [-0.25, -0.2) is 4.98 Å². The predicted molar refractivity (Wildman–Crippen MR) is 133 cm³/mol. The number of alkyl halides is 3. The number of benzene rings is 2. The Kier molecular flexibility index (Phi) is 9.21. The Hall–Kier alpha value is -1.86. The SMILES string of the molecule is CCCCN(CCCC)C[C@@H](O)c1cc(-c2ccc(C(F)(F)F)cc2)nc2c(Cl)cc(Cl)cc12. The first-order chi connectivity index (χ1) is 16.1. The largest absolute Gasteiger partial charge is 0.416 e. The van der Waals surface area contributed by atoms with Gasteiger partial charge in [0, 0.05) is 22.5 Å². The fourth-order valence-electron chi connectivity index (χ4n) is 3.93. The van der Waals surface area contributed by atoms with Gasteiger partial charge in [-0.05, 0) is 61.8 Å². The molecule has 0 fully saturated rings. The first kappa shape index (κ1) is 26.7. The van der Waals surface area contributed by atoms with Gasteiger partial charge >= 0.3 is 6.18 Å². The molecule has 0 unspecified atom stereocenters. The van der Waals surface area contributed by atoms with Crippen molar-refractivity contribution in [3.05, 3.63) is 63.6 Å². The zero-order chi connectivity index (χ0) is 24.9. The van der Waals surface area contributed by atoms with Crippen molar-refractivity contribution in [2.45, 2.75) is 51.8 Å². The maximum atomic E-state index is 13.0. The number of aliphatic hydroxyl groups is 1. The van der Waals surface area contributed by atoms with Crippen LogP contribution in [0.5, 0.6) is 0 Å². The van der Waals surface area contributed by atoms with E-state index in [0.717, 1.165) is 50.9 Å². The van der Waals surface area contributed by atoms with Crippen molar-refractivity contribution in [3.63, 3.8) is 0 Å². The van der Waals surface area contributed by atoms with E-state index < -0.39 is 17.8 Å². The van der Waals surface area contributed by atoms with Gasteiger partial charge in [-0.2, -0.15) is 13.2 Å². The van der Waals surface area contributed by atoms with Crippen LogP contribution in [-0.2, 0) is 6.18 Å². The Balaban J connectivity index is 2.05. The minimum absolute atomic E-state index is 0.318. The molecule has 1 heterocycles. The summed E-state index contributed by atoms with van der Waals surface area (Å²) in [5, 5.41) is 12.7. The van der Waals surface area contributed by atoms with Gasteiger partial charge in [0.15, 0.2) is 0 Å². The van der Waals surface area contributed by atoms with E-state index in [4.69, 9.17) is 23.2 Å². The summed E-state index contributed by atoms with van der Waals surface area (Å²) in [4.78, 5) is 6.85. The van der Waals surface area contributed by atoms with E-state index in [1.165, 1.54) is 12.1 Å². The molecule has 0 bridgehead atoms. The van der Waals surface area contributed by atoms with E-state index in [9.17, 15) is 18.3 Å². The van der Waals surface area contributed by atoms with Crippen LogP contribution in [-0.4, -0.2) is 34.6 Å². The van der Waals surface area contributed by atoms with Crippen molar-refractivity contribution in [2.24, 2.45) is 0 Å². The maximum absolute atomic E-state index is 13.0. The lowest BCUT2D eigenvalue weighted by atomic mass is 9.99. The molecule has 2 aromatic carbocycles. The number of hydrogen-bond donors (Lipinski definition) is 1. The third-order valence-corrected chi connectivity index (χ3v) is 6.32. The normalized spacial score (nSPS) is 13.1. The van der Waals surface area contributed by atoms with Crippen molar-refractivity contribution in [3.8, 4) is 11.3 Å². The highest BCUT2D eigenvalue weighted by atomic mass is 35.5. The average molecular weight is 513 g/mol. The number of pyridine rings is 1. The highest BCUT2D eigenvalue weighted by Crippen LogP contribution is 2.36. The Labute approximate surface area is 208 Å². The van der Waals surface area contributed by atoms with E-state index in [1.54, 1.807) is 18.2 Å². The number of aromatic nitrogens is 1. The van der Waals surface area contributed by atoms with Crippen molar-refractivity contribution in [1.82, 2.24) is 9.88 Å². The molecule has 34 heavy (non-hydrogen) atoms. The van der Waals surface area contributed by atoms with Crippen LogP contribution >= 0.6 is 23.2 Å². The molecule has 8 heteroatoms. The van der Waals surface area contributed by atoms with Gasteiger partial charge in [-0.15, -0.1) is 0 Å². The minimum Gasteiger partial charge on any atom is -0.387 e. The summed E-state index contributed by atoms with van der Waals surface area (Å²) < 4.78 is 39.0. The summed E-state index contributed by atoms with van der Waals surface area (Å²) >= 11 is 12.7. The van der Waals surface area contributed by atoms with E-state index >= 15 is 0 Å². The smallest absolute Gasteiger partial charge is 0.387 e. The molecule has 1 N–H and O–H groups in total. The third-order valence-electron chi connectivity index (χ3n) is 5.82. The van der Waals surface area contributed by atoms with Crippen molar-refractivity contribution in [2.75, 3.05) is 19.6 Å². The highest BCUT2D eigenvalue weighted by molar-refractivity contribution is 6.38. The fraction of sp³-hybridized carbons (Fsp3) is 0.423. The molecule has 0 aliphatic rings. The summed E-state index contributed by atoms with van der Waals surface area (Å²) in [5.41, 5.74) is 1.26. The molecule has 0 saturated heterocycles. The Morgan fingerprint density at radius 1 is 0.971 bits per heavy atom. The molecule has 0 saturated carbocycles. The molecular weight excluding hydrogens is 484 g/mol. The second-order valence-electron chi connectivity index (χ2n) is 8.48. The number of nitrogens with zero attached hydrogens (tertiary/aromatic N) is 2. The molecule has 3 aromatic rings. The van der Waals surface area contributed by atoms with E-state index in [1.807, 2.05) is 0 Å². The first-order valence-corrected chi connectivity index (χ1v) is 12.3. The van der Waals surface area contributed by atoms with Gasteiger partial charge in [0.2, 0.25) is 0 Å². The van der Waals surface area contributed by atoms with Gasteiger partial charge in [0.1, 0.15) is 0 Å². The van der Waals surface area contributed by atoms with Crippen LogP contribution in [0.1, 0.15) is 56.8 Å². The second kappa shape index (κ2) is 11.7. The highest BCUT2D eigenvalue weighted by Gasteiger charge is 2.30. The summed E-state index contributed by atoms with van der Waals surface area (Å²) in [7, 11) is 0. The molecule has 0 spiro atoms. The molecule has 0 aliphatic heterocycles. The monoisotopic (exact) mass is 512 g/mol. The molecule has 3 rings (SSSR count). The summed E-state index contributed by atoms with van der Waals surface area (Å²) in [6.45, 7) is 6.44. The standard InChI is InChI=1S/C26H29Cl2F3N2O/c1-3-5-11-33(12-6-4-2)16-24(34)20-15-23(17-7-9-18(10-8-17)26(29,30)31)32-25-21(20)13-19(27)14-22(25)28/h7-10,13-15,24,34H,3-6,11-12,16H2,1-2H3/t24-/m1/s1. The number of hydrogen-bond acceptors (Lipinski definition) is 3. The summed E-state index contributed by atoms with van der Waals surface area (Å²) in [6.07, 6.45) is -1.09. The molecule has 184 valence electrons. The van der Waals surface area contributed by atoms with Gasteiger partial charge in [-0.3, -0.25) is 0 Å². The lowest BCUT2D eigenvalue weighted by Crippen LogP contribution is -2.31. The van der Waals surface area contributed by atoms with Crippen LogP contribution in [0, 0.1) is 0 Å². The van der Waals surface area contributed by atoms with Crippen LogP contribution in [0.25, 0.3) is 22.2 Å². The van der Waals surface area contributed by atoms with Gasteiger partial charge in [-0.1, -0.05) is 62.0 Å². The minimum atomic E-state index is -4.42. The lowest BCUT2D eigenvalue weighted by Gasteiger charge is -2.26. The van der Waals surface area contributed by atoms with Crippen LogP contribution in [0.4, 0.5) is 13.2 Å². The molecule has 0 aliphatic carbocycles. The molecule has 1 atom stereocenters. The number of rotatable bonds is 10. The molecule has 3 nitrogen and oxygen atoms in total. The average Bonchev–Trinajstić information content (AvgIpc) is 2.79. The van der Waals surface area contributed by atoms with Crippen LogP contribution in [0.2, 0.25) is 10.0 Å². The van der Waals surface area contributed by atoms with Gasteiger partial charge < -0.3 is 10.0 Å². The van der Waals surface area contributed by atoms with Gasteiger partial charge in [0.25, 0.3) is 0 Å². The maximum Gasteiger partial charge on any atom is 0.416 e. The zero-order valence-corrected chi connectivity index (χ0v) is 20.8. The van der Waals surface area contributed by atoms with Crippen molar-refractivity contribution in [1.29, 1.82) is 0 Å². The third kappa shape index (κ3) is 6.63. The lowest BCUT2D eigenvalue weighted by molar-refractivity contribution is -0.137. The van der Waals surface area contributed by atoms with Crippen LogP contribution in [0.15, 0.2) is 42.5 Å². The number of fused-ring (bicyclic) bond motifs is 1. The molecular formula is C26H29Cl2F3N2O. The molecule has 0 radical (unpaired) electrons. The summed E-state index contributed by atoms with van der Waals surface area (Å²) in [6, 6.07) is 9.82. The zero-order valence-electron chi connectivity index (χ0n) is 19.3. The Morgan fingerprint density at radius 2 is 1.59 bits per heavy atom. The van der Waals surface area contributed by atoms with Crippen LogP contribution < -0.4 is 0 Å². The van der Waals surface area contributed by atoms with Gasteiger partial charge in [0.05, 0.1) is 27.9 Å². The van der Waals surface area contributed by atoms with E-state index in [0.29, 0.717) is 44.3 Å². The number of aliphatic hydroxyl groups excluding tert-OH is 1. The first-order valence-electron chi connectivity index (χ1n) is 11.5. The Morgan fingerprint density at radius 3 is 2.15 bits per heavy atom. The molecule has 0 amide bonds. The molecule has 1 aromatic heterocycles. The van der Waals surface area contributed by atoms with E-state index in [2.05, 4.69) is 23.7 Å². The van der Waals surface area contributed by atoms with E-state index in [-0.39, 0.29) is 0 Å².